The molecule has 4 aromatic rings. The second-order valence-corrected chi connectivity index (χ2v) is 7.57. The van der Waals surface area contributed by atoms with Crippen molar-refractivity contribution in [3.05, 3.63) is 100 Å². The van der Waals surface area contributed by atoms with Crippen molar-refractivity contribution in [2.24, 2.45) is 0 Å². The van der Waals surface area contributed by atoms with E-state index in [9.17, 15) is 10.1 Å². The zero-order valence-electron chi connectivity index (χ0n) is 16.8. The third-order valence-corrected chi connectivity index (χ3v) is 5.43. The molecule has 0 fully saturated rings. The molecule has 2 aromatic heterocycles. The van der Waals surface area contributed by atoms with Crippen LogP contribution in [0.1, 0.15) is 17.0 Å². The minimum atomic E-state index is -0.399. The van der Waals surface area contributed by atoms with Crippen LogP contribution in [-0.4, -0.2) is 26.3 Å². The lowest BCUT2D eigenvalue weighted by Crippen LogP contribution is -2.30. The van der Waals surface area contributed by atoms with Gasteiger partial charge in [0.25, 0.3) is 5.69 Å². The van der Waals surface area contributed by atoms with Crippen LogP contribution in [-0.2, 0) is 19.5 Å². The highest BCUT2D eigenvalue weighted by molar-refractivity contribution is 5.61. The van der Waals surface area contributed by atoms with Gasteiger partial charge in [-0.2, -0.15) is 0 Å². The molecule has 0 saturated carbocycles. The van der Waals surface area contributed by atoms with E-state index in [1.807, 2.05) is 54.7 Å². The standard InChI is InChI=1S/C24H20N4O3/c29-28(30)20-8-4-7-18(13-20)23-10-9-21(31-23)16-27-12-11-22-19(15-27)14-25-24(26-22)17-5-2-1-3-6-17/h1-10,13-14H,11-12,15-16H2. The summed E-state index contributed by atoms with van der Waals surface area (Å²) in [6, 6.07) is 20.3. The number of furan rings is 1. The number of nitrogens with zero attached hydrogens (tertiary/aromatic N) is 4. The molecule has 2 aromatic carbocycles. The lowest BCUT2D eigenvalue weighted by atomic mass is 10.1. The molecule has 3 heterocycles. The van der Waals surface area contributed by atoms with E-state index >= 15 is 0 Å². The first-order chi connectivity index (χ1) is 15.2. The van der Waals surface area contributed by atoms with Crippen molar-refractivity contribution in [2.75, 3.05) is 6.54 Å². The molecule has 5 rings (SSSR count). The molecule has 31 heavy (non-hydrogen) atoms. The second kappa shape index (κ2) is 8.12. The Morgan fingerprint density at radius 3 is 2.71 bits per heavy atom. The van der Waals surface area contributed by atoms with Crippen molar-refractivity contribution < 1.29 is 9.34 Å². The molecule has 0 atom stereocenters. The number of benzene rings is 2. The molecule has 0 radical (unpaired) electrons. The summed E-state index contributed by atoms with van der Waals surface area (Å²) in [4.78, 5) is 22.2. The third-order valence-electron chi connectivity index (χ3n) is 5.43. The summed E-state index contributed by atoms with van der Waals surface area (Å²) in [6.07, 6.45) is 2.78. The number of hydrogen-bond donors (Lipinski definition) is 0. The highest BCUT2D eigenvalue weighted by Crippen LogP contribution is 2.27. The highest BCUT2D eigenvalue weighted by Gasteiger charge is 2.20. The van der Waals surface area contributed by atoms with E-state index in [0.29, 0.717) is 17.9 Å². The van der Waals surface area contributed by atoms with E-state index in [1.165, 1.54) is 12.1 Å². The Bertz CT molecular complexity index is 1240. The molecule has 154 valence electrons. The zero-order valence-corrected chi connectivity index (χ0v) is 16.8. The molecule has 0 spiro atoms. The predicted octanol–water partition coefficient (Wildman–Crippen LogP) is 4.87. The van der Waals surface area contributed by atoms with E-state index in [-0.39, 0.29) is 5.69 Å². The number of aromatic nitrogens is 2. The van der Waals surface area contributed by atoms with Crippen LogP contribution >= 0.6 is 0 Å². The van der Waals surface area contributed by atoms with Gasteiger partial charge < -0.3 is 4.42 Å². The predicted molar refractivity (Wildman–Crippen MR) is 116 cm³/mol. The van der Waals surface area contributed by atoms with E-state index in [4.69, 9.17) is 9.40 Å². The number of rotatable bonds is 5. The fourth-order valence-corrected chi connectivity index (χ4v) is 3.85. The maximum Gasteiger partial charge on any atom is 0.270 e. The number of fused-ring (bicyclic) bond motifs is 1. The average Bonchev–Trinajstić information content (AvgIpc) is 3.28. The third kappa shape index (κ3) is 4.08. The van der Waals surface area contributed by atoms with Crippen LogP contribution in [0.5, 0.6) is 0 Å². The molecule has 7 nitrogen and oxygen atoms in total. The van der Waals surface area contributed by atoms with Crippen LogP contribution in [0, 0.1) is 10.1 Å². The summed E-state index contributed by atoms with van der Waals surface area (Å²) < 4.78 is 5.98. The van der Waals surface area contributed by atoms with Crippen molar-refractivity contribution in [1.29, 1.82) is 0 Å². The monoisotopic (exact) mass is 412 g/mol. The van der Waals surface area contributed by atoms with Gasteiger partial charge in [0.15, 0.2) is 5.82 Å². The van der Waals surface area contributed by atoms with Gasteiger partial charge in [-0.1, -0.05) is 42.5 Å². The molecule has 0 bridgehead atoms. The van der Waals surface area contributed by atoms with Crippen LogP contribution in [0.25, 0.3) is 22.7 Å². The molecule has 0 saturated heterocycles. The van der Waals surface area contributed by atoms with Crippen molar-refractivity contribution in [1.82, 2.24) is 14.9 Å². The Kier molecular flexibility index (Phi) is 5.01. The number of nitro benzene ring substituents is 1. The summed E-state index contributed by atoms with van der Waals surface area (Å²) in [5.41, 5.74) is 4.01. The lowest BCUT2D eigenvalue weighted by molar-refractivity contribution is -0.384. The van der Waals surface area contributed by atoms with E-state index in [2.05, 4.69) is 9.88 Å². The molecule has 0 unspecified atom stereocenters. The molecular weight excluding hydrogens is 392 g/mol. The zero-order chi connectivity index (χ0) is 21.2. The Hall–Kier alpha value is -3.84. The van der Waals surface area contributed by atoms with Gasteiger partial charge in [-0.25, -0.2) is 9.97 Å². The molecule has 0 amide bonds. The van der Waals surface area contributed by atoms with Crippen LogP contribution < -0.4 is 0 Å². The Morgan fingerprint density at radius 2 is 1.87 bits per heavy atom. The SMILES string of the molecule is O=[N+]([O-])c1cccc(-c2ccc(CN3CCc4nc(-c5ccccc5)ncc4C3)o2)c1. The number of hydrogen-bond acceptors (Lipinski definition) is 6. The van der Waals surface area contributed by atoms with Crippen LogP contribution in [0.4, 0.5) is 5.69 Å². The lowest BCUT2D eigenvalue weighted by Gasteiger charge is -2.27. The van der Waals surface area contributed by atoms with Crippen molar-refractivity contribution in [3.63, 3.8) is 0 Å². The first-order valence-corrected chi connectivity index (χ1v) is 10.1. The first-order valence-electron chi connectivity index (χ1n) is 10.1. The summed E-state index contributed by atoms with van der Waals surface area (Å²) in [6.45, 7) is 2.30. The molecule has 1 aliphatic heterocycles. The van der Waals surface area contributed by atoms with Crippen molar-refractivity contribution >= 4 is 5.69 Å². The van der Waals surface area contributed by atoms with Gasteiger partial charge in [0.1, 0.15) is 11.5 Å². The topological polar surface area (TPSA) is 85.3 Å². The minimum Gasteiger partial charge on any atom is -0.460 e. The smallest absolute Gasteiger partial charge is 0.270 e. The van der Waals surface area contributed by atoms with Gasteiger partial charge in [0.05, 0.1) is 17.2 Å². The van der Waals surface area contributed by atoms with Gasteiger partial charge in [-0.15, -0.1) is 0 Å². The quantitative estimate of drug-likeness (QED) is 0.343. The molecule has 0 N–H and O–H groups in total. The van der Waals surface area contributed by atoms with Crippen molar-refractivity contribution in [3.8, 4) is 22.7 Å². The summed E-state index contributed by atoms with van der Waals surface area (Å²) in [7, 11) is 0. The van der Waals surface area contributed by atoms with Crippen LogP contribution in [0.2, 0.25) is 0 Å². The molecule has 1 aliphatic rings. The molecular formula is C24H20N4O3. The van der Waals surface area contributed by atoms with Gasteiger partial charge in [-0.05, 0) is 12.1 Å². The highest BCUT2D eigenvalue weighted by atomic mass is 16.6. The summed E-state index contributed by atoms with van der Waals surface area (Å²) in [5, 5.41) is 11.0. The maximum absolute atomic E-state index is 11.0. The van der Waals surface area contributed by atoms with Gasteiger partial charge in [0.2, 0.25) is 0 Å². The Labute approximate surface area is 179 Å². The fraction of sp³-hybridized carbons (Fsp3) is 0.167. The fourth-order valence-electron chi connectivity index (χ4n) is 3.85. The van der Waals surface area contributed by atoms with E-state index < -0.39 is 4.92 Å². The Morgan fingerprint density at radius 1 is 1.03 bits per heavy atom. The Balaban J connectivity index is 1.29. The van der Waals surface area contributed by atoms with Gasteiger partial charge >= 0.3 is 0 Å². The average molecular weight is 412 g/mol. The van der Waals surface area contributed by atoms with Crippen molar-refractivity contribution in [2.45, 2.75) is 19.5 Å². The number of nitro groups is 1. The van der Waals surface area contributed by atoms with Gasteiger partial charge in [0, 0.05) is 54.5 Å². The first kappa shape index (κ1) is 19.1. The number of non-ortho nitro benzene ring substituents is 1. The largest absolute Gasteiger partial charge is 0.460 e. The maximum atomic E-state index is 11.0. The van der Waals surface area contributed by atoms with E-state index in [0.717, 1.165) is 47.9 Å². The molecule has 0 aliphatic carbocycles. The van der Waals surface area contributed by atoms with Crippen LogP contribution in [0.3, 0.4) is 0 Å². The minimum absolute atomic E-state index is 0.0537. The van der Waals surface area contributed by atoms with Gasteiger partial charge in [-0.3, -0.25) is 15.0 Å². The molecule has 7 heteroatoms. The second-order valence-electron chi connectivity index (χ2n) is 7.57. The normalized spacial score (nSPS) is 13.7. The van der Waals surface area contributed by atoms with Crippen LogP contribution in [0.15, 0.2) is 77.3 Å². The summed E-state index contributed by atoms with van der Waals surface area (Å²) in [5.74, 6) is 2.22. The van der Waals surface area contributed by atoms with E-state index in [1.54, 1.807) is 6.07 Å². The summed E-state index contributed by atoms with van der Waals surface area (Å²) >= 11 is 0.